The Morgan fingerprint density at radius 2 is 2.05 bits per heavy atom. The average molecular weight is 295 g/mol. The summed E-state index contributed by atoms with van der Waals surface area (Å²) >= 11 is 0. The topological polar surface area (TPSA) is 61.7 Å². The molecule has 0 saturated heterocycles. The minimum Gasteiger partial charge on any atom is -0.398 e. The van der Waals surface area contributed by atoms with E-state index in [0.717, 1.165) is 28.0 Å². The van der Waals surface area contributed by atoms with E-state index in [1.165, 1.54) is 12.8 Å². The zero-order valence-electron chi connectivity index (χ0n) is 13.0. The maximum atomic E-state index is 6.20. The molecule has 1 aliphatic rings. The Kier molecular flexibility index (Phi) is 2.96. The van der Waals surface area contributed by atoms with E-state index < -0.39 is 0 Å². The molecule has 5 heteroatoms. The minimum atomic E-state index is 0.376. The third kappa shape index (κ3) is 2.17. The van der Waals surface area contributed by atoms with E-state index in [2.05, 4.69) is 31.1 Å². The van der Waals surface area contributed by atoms with Gasteiger partial charge < -0.3 is 5.73 Å². The van der Waals surface area contributed by atoms with Gasteiger partial charge in [0.15, 0.2) is 0 Å². The van der Waals surface area contributed by atoms with Gasteiger partial charge in [0, 0.05) is 29.2 Å². The Bertz CT molecular complexity index is 823. The molecule has 4 rings (SSSR count). The quantitative estimate of drug-likeness (QED) is 0.751. The molecule has 0 unspecified atom stereocenters. The molecule has 0 spiro atoms. The first-order chi connectivity index (χ1) is 10.6. The summed E-state index contributed by atoms with van der Waals surface area (Å²) in [5.74, 6) is 0.585. The van der Waals surface area contributed by atoms with Crippen molar-refractivity contribution in [1.29, 1.82) is 0 Å². The largest absolute Gasteiger partial charge is 0.398 e. The number of hydrogen-bond acceptors (Lipinski definition) is 3. The summed E-state index contributed by atoms with van der Waals surface area (Å²) < 4.78 is 4.03. The van der Waals surface area contributed by atoms with Crippen molar-refractivity contribution in [3.63, 3.8) is 0 Å². The highest BCUT2D eigenvalue weighted by atomic mass is 15.3. The molecular weight excluding hydrogens is 274 g/mol. The van der Waals surface area contributed by atoms with Crippen molar-refractivity contribution in [3.05, 3.63) is 41.9 Å². The standard InChI is InChI=1S/C17H21N5/c1-11(2)21-9-8-13(19-21)10-22-15-5-3-4-14(18)16(15)17(20-22)12-6-7-12/h3-5,8-9,11-12H,6-7,10,18H2,1-2H3. The second kappa shape index (κ2) is 4.87. The molecule has 2 aromatic heterocycles. The summed E-state index contributed by atoms with van der Waals surface area (Å²) in [5.41, 5.74) is 10.3. The summed E-state index contributed by atoms with van der Waals surface area (Å²) in [6.07, 6.45) is 4.48. The SMILES string of the molecule is CC(C)n1ccc(Cn2nc(C3CC3)c3c(N)cccc32)n1. The number of aromatic nitrogens is 4. The summed E-state index contributed by atoms with van der Waals surface area (Å²) in [5, 5.41) is 10.6. The van der Waals surface area contributed by atoms with Crippen molar-refractivity contribution in [2.45, 2.75) is 45.2 Å². The number of rotatable bonds is 4. The molecule has 1 saturated carbocycles. The molecule has 3 aromatic rings. The predicted octanol–water partition coefficient (Wildman–Crippen LogP) is 3.32. The average Bonchev–Trinajstić information content (AvgIpc) is 3.11. The van der Waals surface area contributed by atoms with E-state index in [-0.39, 0.29) is 0 Å². The third-order valence-electron chi connectivity index (χ3n) is 4.31. The monoisotopic (exact) mass is 295 g/mol. The minimum absolute atomic E-state index is 0.376. The Labute approximate surface area is 129 Å². The van der Waals surface area contributed by atoms with Crippen LogP contribution in [-0.2, 0) is 6.54 Å². The molecule has 114 valence electrons. The fraction of sp³-hybridized carbons (Fsp3) is 0.412. The van der Waals surface area contributed by atoms with Crippen LogP contribution in [0.5, 0.6) is 0 Å². The molecule has 1 aromatic carbocycles. The van der Waals surface area contributed by atoms with Gasteiger partial charge in [0.2, 0.25) is 0 Å². The van der Waals surface area contributed by atoms with Crippen LogP contribution in [0, 0.1) is 0 Å². The number of anilines is 1. The van der Waals surface area contributed by atoms with Crippen molar-refractivity contribution in [2.75, 3.05) is 5.73 Å². The van der Waals surface area contributed by atoms with Gasteiger partial charge in [-0.25, -0.2) is 0 Å². The molecular formula is C17H21N5. The van der Waals surface area contributed by atoms with Crippen molar-refractivity contribution >= 4 is 16.6 Å². The van der Waals surface area contributed by atoms with Crippen LogP contribution in [0.3, 0.4) is 0 Å². The van der Waals surface area contributed by atoms with Gasteiger partial charge in [-0.2, -0.15) is 10.2 Å². The molecule has 5 nitrogen and oxygen atoms in total. The molecule has 22 heavy (non-hydrogen) atoms. The lowest BCUT2D eigenvalue weighted by molar-refractivity contribution is 0.521. The number of fused-ring (bicyclic) bond motifs is 1. The van der Waals surface area contributed by atoms with E-state index >= 15 is 0 Å². The maximum absolute atomic E-state index is 6.20. The van der Waals surface area contributed by atoms with Gasteiger partial charge in [0.1, 0.15) is 0 Å². The molecule has 0 amide bonds. The van der Waals surface area contributed by atoms with Gasteiger partial charge in [-0.1, -0.05) is 6.07 Å². The maximum Gasteiger partial charge on any atom is 0.0857 e. The molecule has 0 aliphatic heterocycles. The zero-order chi connectivity index (χ0) is 15.3. The molecule has 0 bridgehead atoms. The number of nitrogens with zero attached hydrogens (tertiary/aromatic N) is 4. The van der Waals surface area contributed by atoms with Crippen LogP contribution in [-0.4, -0.2) is 19.6 Å². The molecule has 0 radical (unpaired) electrons. The fourth-order valence-electron chi connectivity index (χ4n) is 2.95. The van der Waals surface area contributed by atoms with Crippen molar-refractivity contribution in [1.82, 2.24) is 19.6 Å². The van der Waals surface area contributed by atoms with E-state index in [1.807, 2.05) is 27.7 Å². The van der Waals surface area contributed by atoms with Crippen molar-refractivity contribution in [3.8, 4) is 0 Å². The molecule has 2 heterocycles. The van der Waals surface area contributed by atoms with Gasteiger partial charge >= 0.3 is 0 Å². The summed E-state index contributed by atoms with van der Waals surface area (Å²) in [7, 11) is 0. The van der Waals surface area contributed by atoms with Crippen LogP contribution in [0.4, 0.5) is 5.69 Å². The number of nitrogens with two attached hydrogens (primary N) is 1. The Morgan fingerprint density at radius 1 is 1.23 bits per heavy atom. The van der Waals surface area contributed by atoms with Crippen LogP contribution in [0.2, 0.25) is 0 Å². The predicted molar refractivity (Wildman–Crippen MR) is 87.8 cm³/mol. The van der Waals surface area contributed by atoms with Gasteiger partial charge in [0.05, 0.1) is 23.4 Å². The lowest BCUT2D eigenvalue weighted by Gasteiger charge is -2.04. The van der Waals surface area contributed by atoms with Crippen molar-refractivity contribution < 1.29 is 0 Å². The lowest BCUT2D eigenvalue weighted by Crippen LogP contribution is -2.06. The van der Waals surface area contributed by atoms with Crippen LogP contribution in [0.1, 0.15) is 50.0 Å². The lowest BCUT2D eigenvalue weighted by atomic mass is 10.1. The smallest absolute Gasteiger partial charge is 0.0857 e. The highest BCUT2D eigenvalue weighted by molar-refractivity contribution is 5.93. The number of nitrogen functional groups attached to an aromatic ring is 1. The van der Waals surface area contributed by atoms with E-state index in [9.17, 15) is 0 Å². The van der Waals surface area contributed by atoms with E-state index in [4.69, 9.17) is 10.8 Å². The van der Waals surface area contributed by atoms with Gasteiger partial charge in [0.25, 0.3) is 0 Å². The molecule has 1 aliphatic carbocycles. The highest BCUT2D eigenvalue weighted by Gasteiger charge is 2.30. The second-order valence-corrected chi connectivity index (χ2v) is 6.44. The number of benzene rings is 1. The number of hydrogen-bond donors (Lipinski definition) is 1. The second-order valence-electron chi connectivity index (χ2n) is 6.44. The molecule has 1 fully saturated rings. The highest BCUT2D eigenvalue weighted by Crippen LogP contribution is 2.43. The Morgan fingerprint density at radius 3 is 2.73 bits per heavy atom. The normalized spacial score (nSPS) is 15.0. The zero-order valence-corrected chi connectivity index (χ0v) is 13.0. The van der Waals surface area contributed by atoms with Gasteiger partial charge in [-0.15, -0.1) is 0 Å². The fourth-order valence-corrected chi connectivity index (χ4v) is 2.95. The van der Waals surface area contributed by atoms with Crippen LogP contribution in [0.25, 0.3) is 10.9 Å². The van der Waals surface area contributed by atoms with E-state index in [0.29, 0.717) is 18.5 Å². The molecule has 0 atom stereocenters. The first-order valence-electron chi connectivity index (χ1n) is 7.92. The van der Waals surface area contributed by atoms with Crippen molar-refractivity contribution in [2.24, 2.45) is 0 Å². The molecule has 2 N–H and O–H groups in total. The van der Waals surface area contributed by atoms with Gasteiger partial charge in [-0.3, -0.25) is 9.36 Å². The summed E-state index contributed by atoms with van der Waals surface area (Å²) in [6.45, 7) is 4.95. The Balaban J connectivity index is 1.76. The van der Waals surface area contributed by atoms with Crippen LogP contribution in [0.15, 0.2) is 30.5 Å². The van der Waals surface area contributed by atoms with Gasteiger partial charge in [-0.05, 0) is 44.9 Å². The Hall–Kier alpha value is -2.30. The third-order valence-corrected chi connectivity index (χ3v) is 4.31. The van der Waals surface area contributed by atoms with Crippen LogP contribution >= 0.6 is 0 Å². The first-order valence-corrected chi connectivity index (χ1v) is 7.92. The van der Waals surface area contributed by atoms with E-state index in [1.54, 1.807) is 0 Å². The summed E-state index contributed by atoms with van der Waals surface area (Å²) in [6, 6.07) is 8.51. The first kappa shape index (κ1) is 13.4. The van der Waals surface area contributed by atoms with Crippen LogP contribution < -0.4 is 5.73 Å². The summed E-state index contributed by atoms with van der Waals surface area (Å²) in [4.78, 5) is 0.